The summed E-state index contributed by atoms with van der Waals surface area (Å²) in [4.78, 5) is 8.69. The van der Waals surface area contributed by atoms with Gasteiger partial charge in [0.15, 0.2) is 5.75 Å². The second-order valence-electron chi connectivity index (χ2n) is 5.65. The smallest absolute Gasteiger partial charge is 0.169 e. The number of hydrogen-bond donors (Lipinski definition) is 1. The first-order valence-electron chi connectivity index (χ1n) is 7.26. The topological polar surface area (TPSA) is 55.2 Å². The number of ether oxygens (including phenoxy) is 1. The lowest BCUT2D eigenvalue weighted by molar-refractivity contribution is 0.269. The molecule has 0 aliphatic heterocycles. The molecule has 0 aliphatic rings. The molecule has 0 saturated carbocycles. The summed E-state index contributed by atoms with van der Waals surface area (Å²) in [6, 6.07) is 7.89. The molecule has 0 fully saturated rings. The Morgan fingerprint density at radius 1 is 1.05 bits per heavy atom. The van der Waals surface area contributed by atoms with Gasteiger partial charge in [0.25, 0.3) is 0 Å². The highest BCUT2D eigenvalue weighted by Gasteiger charge is 2.13. The van der Waals surface area contributed by atoms with Gasteiger partial charge in [0.05, 0.1) is 12.8 Å². The van der Waals surface area contributed by atoms with Crippen LogP contribution in [0.4, 0.5) is 0 Å². The summed E-state index contributed by atoms with van der Waals surface area (Å²) < 4.78 is 5.94. The fourth-order valence-corrected chi connectivity index (χ4v) is 2.07. The SMILES string of the molecule is CC(C)c1ncc(Oc2ccccc2C(C)C)c(CO)n1. The highest BCUT2D eigenvalue weighted by molar-refractivity contribution is 5.40. The number of nitrogens with zero attached hydrogens (tertiary/aromatic N) is 2. The Hall–Kier alpha value is -1.94. The number of para-hydroxylation sites is 1. The van der Waals surface area contributed by atoms with E-state index in [9.17, 15) is 5.11 Å². The summed E-state index contributed by atoms with van der Waals surface area (Å²) in [6.07, 6.45) is 1.64. The van der Waals surface area contributed by atoms with E-state index in [-0.39, 0.29) is 12.5 Å². The Morgan fingerprint density at radius 3 is 2.38 bits per heavy atom. The normalized spacial score (nSPS) is 11.2. The molecule has 0 radical (unpaired) electrons. The van der Waals surface area contributed by atoms with Crippen molar-refractivity contribution in [2.24, 2.45) is 0 Å². The molecule has 4 heteroatoms. The lowest BCUT2D eigenvalue weighted by Crippen LogP contribution is -2.04. The number of aliphatic hydroxyl groups is 1. The van der Waals surface area contributed by atoms with Crippen LogP contribution in [0.3, 0.4) is 0 Å². The molecular weight excluding hydrogens is 264 g/mol. The minimum atomic E-state index is -0.165. The van der Waals surface area contributed by atoms with Crippen molar-refractivity contribution < 1.29 is 9.84 Å². The van der Waals surface area contributed by atoms with Crippen LogP contribution in [0.15, 0.2) is 30.5 Å². The highest BCUT2D eigenvalue weighted by atomic mass is 16.5. The van der Waals surface area contributed by atoms with Crippen LogP contribution < -0.4 is 4.74 Å². The summed E-state index contributed by atoms with van der Waals surface area (Å²) in [5, 5.41) is 9.51. The van der Waals surface area contributed by atoms with E-state index in [1.807, 2.05) is 38.1 Å². The van der Waals surface area contributed by atoms with Crippen LogP contribution >= 0.6 is 0 Å². The van der Waals surface area contributed by atoms with Crippen LogP contribution in [-0.2, 0) is 6.61 Å². The van der Waals surface area contributed by atoms with Crippen LogP contribution in [0.2, 0.25) is 0 Å². The Kier molecular flexibility index (Phi) is 4.91. The number of aliphatic hydroxyl groups excluding tert-OH is 1. The zero-order valence-corrected chi connectivity index (χ0v) is 13.0. The number of hydrogen-bond acceptors (Lipinski definition) is 4. The molecule has 0 unspecified atom stereocenters. The van der Waals surface area contributed by atoms with Crippen molar-refractivity contribution in [1.29, 1.82) is 0 Å². The van der Waals surface area contributed by atoms with Gasteiger partial charge in [-0.15, -0.1) is 0 Å². The number of benzene rings is 1. The average molecular weight is 286 g/mol. The summed E-state index contributed by atoms with van der Waals surface area (Å²) in [5.74, 6) is 2.57. The summed E-state index contributed by atoms with van der Waals surface area (Å²) in [5.41, 5.74) is 1.64. The van der Waals surface area contributed by atoms with Gasteiger partial charge < -0.3 is 9.84 Å². The molecule has 112 valence electrons. The monoisotopic (exact) mass is 286 g/mol. The maximum absolute atomic E-state index is 9.51. The van der Waals surface area contributed by atoms with Gasteiger partial charge >= 0.3 is 0 Å². The molecule has 0 amide bonds. The summed E-state index contributed by atoms with van der Waals surface area (Å²) in [7, 11) is 0. The van der Waals surface area contributed by atoms with E-state index in [1.165, 1.54) is 0 Å². The summed E-state index contributed by atoms with van der Waals surface area (Å²) in [6.45, 7) is 8.11. The molecular formula is C17H22N2O2. The standard InChI is InChI=1S/C17H22N2O2/c1-11(2)13-7-5-6-8-15(13)21-16-9-18-17(12(3)4)19-14(16)10-20/h5-9,11-12,20H,10H2,1-4H3. The average Bonchev–Trinajstić information content (AvgIpc) is 2.47. The maximum Gasteiger partial charge on any atom is 0.169 e. The van der Waals surface area contributed by atoms with E-state index < -0.39 is 0 Å². The van der Waals surface area contributed by atoms with Crippen molar-refractivity contribution in [1.82, 2.24) is 9.97 Å². The molecule has 0 saturated heterocycles. The third-order valence-corrected chi connectivity index (χ3v) is 3.28. The van der Waals surface area contributed by atoms with Gasteiger partial charge in [-0.25, -0.2) is 9.97 Å². The molecule has 0 atom stereocenters. The molecule has 2 rings (SSSR count). The third kappa shape index (κ3) is 3.58. The minimum absolute atomic E-state index is 0.165. The predicted molar refractivity (Wildman–Crippen MR) is 82.6 cm³/mol. The van der Waals surface area contributed by atoms with Gasteiger partial charge in [0.1, 0.15) is 17.3 Å². The Morgan fingerprint density at radius 2 is 1.76 bits per heavy atom. The molecule has 1 N–H and O–H groups in total. The Labute approximate surface area is 125 Å². The van der Waals surface area contributed by atoms with Crippen LogP contribution in [0.25, 0.3) is 0 Å². The maximum atomic E-state index is 9.51. The molecule has 0 bridgehead atoms. The lowest BCUT2D eigenvalue weighted by Gasteiger charge is -2.15. The van der Waals surface area contributed by atoms with E-state index in [1.54, 1.807) is 6.20 Å². The molecule has 4 nitrogen and oxygen atoms in total. The van der Waals surface area contributed by atoms with Crippen molar-refractivity contribution in [2.75, 3.05) is 0 Å². The second kappa shape index (κ2) is 6.68. The minimum Gasteiger partial charge on any atom is -0.453 e. The van der Waals surface area contributed by atoms with Crippen LogP contribution in [0.1, 0.15) is 56.6 Å². The van der Waals surface area contributed by atoms with Gasteiger partial charge in [0.2, 0.25) is 0 Å². The quantitative estimate of drug-likeness (QED) is 0.902. The first-order valence-corrected chi connectivity index (χ1v) is 7.26. The zero-order valence-electron chi connectivity index (χ0n) is 13.0. The highest BCUT2D eigenvalue weighted by Crippen LogP contribution is 2.31. The van der Waals surface area contributed by atoms with Gasteiger partial charge in [-0.1, -0.05) is 45.9 Å². The molecule has 2 aromatic rings. The molecule has 1 aromatic carbocycles. The van der Waals surface area contributed by atoms with E-state index >= 15 is 0 Å². The third-order valence-electron chi connectivity index (χ3n) is 3.28. The number of rotatable bonds is 5. The molecule has 0 aliphatic carbocycles. The number of aromatic nitrogens is 2. The first kappa shape index (κ1) is 15.4. The van der Waals surface area contributed by atoms with Crippen molar-refractivity contribution >= 4 is 0 Å². The van der Waals surface area contributed by atoms with Crippen molar-refractivity contribution in [3.05, 3.63) is 47.5 Å². The van der Waals surface area contributed by atoms with E-state index in [0.717, 1.165) is 11.3 Å². The lowest BCUT2D eigenvalue weighted by atomic mass is 10.0. The van der Waals surface area contributed by atoms with Crippen LogP contribution in [0.5, 0.6) is 11.5 Å². The molecule has 21 heavy (non-hydrogen) atoms. The largest absolute Gasteiger partial charge is 0.453 e. The van der Waals surface area contributed by atoms with Crippen LogP contribution in [0, 0.1) is 0 Å². The Balaban J connectivity index is 2.36. The van der Waals surface area contributed by atoms with Crippen LogP contribution in [-0.4, -0.2) is 15.1 Å². The van der Waals surface area contributed by atoms with Gasteiger partial charge in [0, 0.05) is 5.92 Å². The Bertz CT molecular complexity index is 609. The fraction of sp³-hybridized carbons (Fsp3) is 0.412. The first-order chi connectivity index (χ1) is 10.0. The van der Waals surface area contributed by atoms with Gasteiger partial charge in [-0.3, -0.25) is 0 Å². The van der Waals surface area contributed by atoms with Gasteiger partial charge in [-0.2, -0.15) is 0 Å². The predicted octanol–water partition coefficient (Wildman–Crippen LogP) is 4.01. The second-order valence-corrected chi connectivity index (χ2v) is 5.65. The van der Waals surface area contributed by atoms with E-state index in [4.69, 9.17) is 4.74 Å². The fourth-order valence-electron chi connectivity index (χ4n) is 2.07. The van der Waals surface area contributed by atoms with E-state index in [0.29, 0.717) is 23.2 Å². The van der Waals surface area contributed by atoms with Gasteiger partial charge in [-0.05, 0) is 17.5 Å². The van der Waals surface area contributed by atoms with E-state index in [2.05, 4.69) is 23.8 Å². The molecule has 1 aromatic heterocycles. The van der Waals surface area contributed by atoms with Crippen molar-refractivity contribution in [2.45, 2.75) is 46.1 Å². The molecule has 0 spiro atoms. The van der Waals surface area contributed by atoms with Crippen molar-refractivity contribution in [3.63, 3.8) is 0 Å². The molecule has 1 heterocycles. The zero-order chi connectivity index (χ0) is 15.4. The summed E-state index contributed by atoms with van der Waals surface area (Å²) >= 11 is 0. The van der Waals surface area contributed by atoms with Crippen molar-refractivity contribution in [3.8, 4) is 11.5 Å².